The number of hydrogen-bond acceptors (Lipinski definition) is 10. The van der Waals surface area contributed by atoms with E-state index in [4.69, 9.17) is 4.74 Å². The van der Waals surface area contributed by atoms with Gasteiger partial charge in [-0.15, -0.1) is 0 Å². The van der Waals surface area contributed by atoms with Crippen LogP contribution in [0.1, 0.15) is 79.7 Å². The number of para-hydroxylation sites is 1. The highest BCUT2D eigenvalue weighted by Crippen LogP contribution is 2.49. The topological polar surface area (TPSA) is 207 Å². The standard InChI is InChI=1S/C36H52N6O9/c1-17(2)15-23-29(44)40-27(20(7)43)32(47)42-25(16-36(50)21-11-8-9-12-22(21)38-35(36)42)31(46)39-26(18(3)4)34(49)51-28(19(5)6)33(48)41-14-10-13-24(41)30(45)37-23/h8-9,11-12,17-20,23-28,35,38,43,50H,10,13-16H2,1-7H3,(H,37,45)(H,39,46)(H,40,44)/t20-,23-,24+,25-,26+,27+,28-,35-,36+/m0/s1. The lowest BCUT2D eigenvalue weighted by molar-refractivity contribution is -0.167. The molecule has 4 heterocycles. The lowest BCUT2D eigenvalue weighted by Crippen LogP contribution is -2.63. The minimum absolute atomic E-state index is 0.0811. The maximum absolute atomic E-state index is 14.6. The Bertz CT molecular complexity index is 1550. The molecule has 3 saturated heterocycles. The zero-order valence-electron chi connectivity index (χ0n) is 30.3. The van der Waals surface area contributed by atoms with Gasteiger partial charge in [0.1, 0.15) is 42.0 Å². The Morgan fingerprint density at radius 3 is 2.10 bits per heavy atom. The minimum Gasteiger partial charge on any atom is -0.450 e. The number of ether oxygens (including phenoxy) is 1. The van der Waals surface area contributed by atoms with Gasteiger partial charge in [0.05, 0.1) is 6.10 Å². The molecule has 51 heavy (non-hydrogen) atoms. The quantitative estimate of drug-likeness (QED) is 0.231. The Kier molecular flexibility index (Phi) is 11.0. The van der Waals surface area contributed by atoms with Crippen molar-refractivity contribution in [3.8, 4) is 0 Å². The molecular weight excluding hydrogens is 660 g/mol. The van der Waals surface area contributed by atoms with Crippen molar-refractivity contribution < 1.29 is 43.7 Å². The van der Waals surface area contributed by atoms with Gasteiger partial charge in [-0.3, -0.25) is 24.0 Å². The van der Waals surface area contributed by atoms with E-state index in [2.05, 4.69) is 21.3 Å². The van der Waals surface area contributed by atoms with Crippen molar-refractivity contribution in [3.05, 3.63) is 29.8 Å². The van der Waals surface area contributed by atoms with Crippen LogP contribution >= 0.6 is 0 Å². The van der Waals surface area contributed by atoms with E-state index in [1.807, 2.05) is 13.8 Å². The summed E-state index contributed by atoms with van der Waals surface area (Å²) in [6.07, 6.45) is -3.16. The average Bonchev–Trinajstić information content (AvgIpc) is 3.74. The molecule has 0 aromatic heterocycles. The number of hydrogen-bond donors (Lipinski definition) is 6. The van der Waals surface area contributed by atoms with Crippen LogP contribution in [0, 0.1) is 17.8 Å². The number of nitrogens with one attached hydrogen (secondary N) is 4. The summed E-state index contributed by atoms with van der Waals surface area (Å²) in [5.41, 5.74) is -0.746. The summed E-state index contributed by atoms with van der Waals surface area (Å²) < 4.78 is 5.83. The predicted octanol–water partition coefficient (Wildman–Crippen LogP) is 0.336. The monoisotopic (exact) mass is 712 g/mol. The third-order valence-corrected chi connectivity index (χ3v) is 10.3. The van der Waals surface area contributed by atoms with E-state index in [9.17, 15) is 39.0 Å². The first-order valence-corrected chi connectivity index (χ1v) is 18.0. The van der Waals surface area contributed by atoms with Gasteiger partial charge in [0.15, 0.2) is 6.10 Å². The lowest BCUT2D eigenvalue weighted by atomic mass is 9.91. The Labute approximate surface area is 298 Å². The molecule has 15 nitrogen and oxygen atoms in total. The van der Waals surface area contributed by atoms with Crippen molar-refractivity contribution in [2.45, 2.75) is 128 Å². The number of rotatable bonds is 5. The van der Waals surface area contributed by atoms with Crippen LogP contribution < -0.4 is 21.3 Å². The fraction of sp³-hybridized carbons (Fsp3) is 0.667. The molecule has 0 spiro atoms. The van der Waals surface area contributed by atoms with Gasteiger partial charge < -0.3 is 46.0 Å². The van der Waals surface area contributed by atoms with Crippen molar-refractivity contribution in [1.29, 1.82) is 0 Å². The van der Waals surface area contributed by atoms with E-state index in [0.29, 0.717) is 24.1 Å². The second-order valence-corrected chi connectivity index (χ2v) is 15.4. The van der Waals surface area contributed by atoms with Crippen LogP contribution in [0.3, 0.4) is 0 Å². The molecular formula is C36H52N6O9. The molecule has 0 saturated carbocycles. The van der Waals surface area contributed by atoms with Crippen molar-refractivity contribution in [2.24, 2.45) is 17.8 Å². The van der Waals surface area contributed by atoms with E-state index >= 15 is 0 Å². The normalized spacial score (nSPS) is 32.7. The van der Waals surface area contributed by atoms with Crippen LogP contribution in [0.4, 0.5) is 5.69 Å². The second-order valence-electron chi connectivity index (χ2n) is 15.4. The van der Waals surface area contributed by atoms with Gasteiger partial charge in [-0.05, 0) is 50.0 Å². The van der Waals surface area contributed by atoms with Gasteiger partial charge in [-0.1, -0.05) is 59.7 Å². The third kappa shape index (κ3) is 7.27. The van der Waals surface area contributed by atoms with Crippen molar-refractivity contribution in [1.82, 2.24) is 25.8 Å². The van der Waals surface area contributed by atoms with Crippen molar-refractivity contribution in [3.63, 3.8) is 0 Å². The number of anilines is 1. The maximum atomic E-state index is 14.6. The highest BCUT2D eigenvalue weighted by Gasteiger charge is 2.61. The molecule has 5 amide bonds. The minimum atomic E-state index is -1.75. The molecule has 4 aliphatic heterocycles. The largest absolute Gasteiger partial charge is 0.450 e. The summed E-state index contributed by atoms with van der Waals surface area (Å²) in [4.78, 5) is 86.8. The van der Waals surface area contributed by atoms with Crippen LogP contribution in [0.5, 0.6) is 0 Å². The first kappa shape index (κ1) is 38.0. The summed E-state index contributed by atoms with van der Waals surface area (Å²) in [5.74, 6) is -5.44. The van der Waals surface area contributed by atoms with Crippen LogP contribution in [-0.4, -0.2) is 111 Å². The number of amides is 5. The SMILES string of the molecule is CC(C)C[C@@H]1NC(=O)[C@H]2CCCN2C(=O)[C@H](C(C)C)OC(=O)[C@@H](C(C)C)NC(=O)[C@@H]2C[C@@]3(O)c4ccccc4N[C@H]3N2C(=O)[C@@H]([C@H](C)O)NC1=O. The second kappa shape index (κ2) is 14.8. The Hall–Kier alpha value is -4.24. The van der Waals surface area contributed by atoms with Gasteiger partial charge in [0, 0.05) is 24.2 Å². The molecule has 0 aliphatic carbocycles. The Morgan fingerprint density at radius 1 is 0.824 bits per heavy atom. The number of aliphatic hydroxyl groups excluding tert-OH is 1. The zero-order valence-corrected chi connectivity index (χ0v) is 30.3. The molecule has 4 aliphatic rings. The molecule has 1 aromatic carbocycles. The molecule has 0 unspecified atom stereocenters. The average molecular weight is 713 g/mol. The molecule has 1 aromatic rings. The molecule has 6 N–H and O–H groups in total. The van der Waals surface area contributed by atoms with Crippen molar-refractivity contribution >= 4 is 41.2 Å². The highest BCUT2D eigenvalue weighted by molar-refractivity contribution is 5.98. The van der Waals surface area contributed by atoms with Gasteiger partial charge >= 0.3 is 5.97 Å². The number of carbonyl (C=O) groups excluding carboxylic acids is 6. The van der Waals surface area contributed by atoms with Crippen molar-refractivity contribution in [2.75, 3.05) is 11.9 Å². The molecule has 280 valence electrons. The summed E-state index contributed by atoms with van der Waals surface area (Å²) in [7, 11) is 0. The number of nitrogens with zero attached hydrogens (tertiary/aromatic N) is 2. The summed E-state index contributed by atoms with van der Waals surface area (Å²) >= 11 is 0. The van der Waals surface area contributed by atoms with Crippen LogP contribution in [0.15, 0.2) is 24.3 Å². The zero-order chi connectivity index (χ0) is 37.5. The molecule has 0 radical (unpaired) electrons. The molecule has 15 heteroatoms. The number of cyclic esters (lactones) is 1. The lowest BCUT2D eigenvalue weighted by Gasteiger charge is -2.36. The fourth-order valence-electron chi connectivity index (χ4n) is 7.65. The van der Waals surface area contributed by atoms with E-state index in [0.717, 1.165) is 4.90 Å². The summed E-state index contributed by atoms with van der Waals surface area (Å²) in [6.45, 7) is 12.1. The van der Waals surface area contributed by atoms with E-state index in [-0.39, 0.29) is 25.3 Å². The van der Waals surface area contributed by atoms with E-state index in [1.54, 1.807) is 52.0 Å². The van der Waals surface area contributed by atoms with Gasteiger partial charge in [-0.25, -0.2) is 4.79 Å². The molecule has 9 atom stereocenters. The Morgan fingerprint density at radius 2 is 1.47 bits per heavy atom. The highest BCUT2D eigenvalue weighted by atomic mass is 16.6. The summed E-state index contributed by atoms with van der Waals surface area (Å²) in [5, 5.41) is 34.3. The fourth-order valence-corrected chi connectivity index (χ4v) is 7.65. The number of benzene rings is 1. The number of carbonyl (C=O) groups is 6. The smallest absolute Gasteiger partial charge is 0.329 e. The molecule has 5 rings (SSSR count). The van der Waals surface area contributed by atoms with Crippen LogP contribution in [-0.2, 0) is 39.1 Å². The number of esters is 1. The van der Waals surface area contributed by atoms with Gasteiger partial charge in [0.2, 0.25) is 23.6 Å². The molecule has 3 fully saturated rings. The van der Waals surface area contributed by atoms with Gasteiger partial charge in [0.25, 0.3) is 5.91 Å². The van der Waals surface area contributed by atoms with Gasteiger partial charge in [-0.2, -0.15) is 0 Å². The first-order valence-electron chi connectivity index (χ1n) is 18.0. The molecule has 0 bridgehead atoms. The van der Waals surface area contributed by atoms with E-state index in [1.165, 1.54) is 11.8 Å². The number of fused-ring (bicyclic) bond motifs is 6. The predicted molar refractivity (Wildman–Crippen MR) is 184 cm³/mol. The van der Waals surface area contributed by atoms with Crippen LogP contribution in [0.25, 0.3) is 0 Å². The summed E-state index contributed by atoms with van der Waals surface area (Å²) in [6, 6.07) is 0.598. The maximum Gasteiger partial charge on any atom is 0.329 e. The third-order valence-electron chi connectivity index (χ3n) is 10.3. The van der Waals surface area contributed by atoms with Crippen LogP contribution in [0.2, 0.25) is 0 Å². The van der Waals surface area contributed by atoms with E-state index < -0.39 is 102 Å². The number of aliphatic hydroxyl groups is 2. The first-order chi connectivity index (χ1) is 24.0. The Balaban J connectivity index is 1.60.